The zero-order valence-corrected chi connectivity index (χ0v) is 11.0. The average molecular weight is 234 g/mol. The second-order valence-electron chi connectivity index (χ2n) is 4.98. The molecule has 0 bridgehead atoms. The Morgan fingerprint density at radius 2 is 1.53 bits per heavy atom. The molecule has 1 rings (SSSR count). The first-order valence-electron chi connectivity index (χ1n) is 6.13. The van der Waals surface area contributed by atoms with E-state index >= 15 is 0 Å². The Balaban J connectivity index is 2.54. The molecule has 0 atom stereocenters. The molecule has 2 N–H and O–H groups in total. The maximum atomic E-state index is 11.8. The van der Waals surface area contributed by atoms with E-state index in [1.165, 1.54) is 0 Å². The molecule has 0 aromatic heterocycles. The molecule has 0 unspecified atom stereocenters. The van der Waals surface area contributed by atoms with E-state index in [2.05, 4.69) is 38.3 Å². The second kappa shape index (κ2) is 6.28. The highest BCUT2D eigenvalue weighted by Gasteiger charge is 2.19. The molecule has 0 spiro atoms. The summed E-state index contributed by atoms with van der Waals surface area (Å²) in [6.45, 7) is 8.47. The Bertz CT molecular complexity index is 338. The lowest BCUT2D eigenvalue weighted by molar-refractivity contribution is 0.236. The summed E-state index contributed by atoms with van der Waals surface area (Å²) in [5.41, 5.74) is 0.816. The van der Waals surface area contributed by atoms with E-state index in [1.54, 1.807) is 0 Å². The minimum absolute atomic E-state index is 0.136. The van der Waals surface area contributed by atoms with Crippen molar-refractivity contribution in [1.29, 1.82) is 0 Å². The number of carbonyl (C=O) groups is 1. The molecular weight excluding hydrogens is 212 g/mol. The van der Waals surface area contributed by atoms with Crippen LogP contribution >= 0.6 is 0 Å². The lowest BCUT2D eigenvalue weighted by Gasteiger charge is -2.26. The monoisotopic (exact) mass is 234 g/mol. The van der Waals surface area contributed by atoms with Gasteiger partial charge in [-0.3, -0.25) is 0 Å². The quantitative estimate of drug-likeness (QED) is 0.822. The molecule has 0 aliphatic rings. The molecule has 3 nitrogen and oxygen atoms in total. The van der Waals surface area contributed by atoms with Crippen molar-refractivity contribution in [3.8, 4) is 0 Å². The third-order valence-corrected chi connectivity index (χ3v) is 2.77. The van der Waals surface area contributed by atoms with Crippen molar-refractivity contribution in [2.24, 2.45) is 11.8 Å². The standard InChI is InChI=1S/C14H22N2O/c1-10(2)13(11(3)4)16-14(17)15-12-8-6-5-7-9-12/h5-11,13H,1-4H3,(H2,15,16,17). The van der Waals surface area contributed by atoms with Crippen LogP contribution in [0.15, 0.2) is 30.3 Å². The van der Waals surface area contributed by atoms with Crippen LogP contribution in [0.2, 0.25) is 0 Å². The zero-order chi connectivity index (χ0) is 12.8. The highest BCUT2D eigenvalue weighted by Crippen LogP contribution is 2.12. The molecule has 0 fully saturated rings. The highest BCUT2D eigenvalue weighted by atomic mass is 16.2. The van der Waals surface area contributed by atoms with Crippen LogP contribution in [0, 0.1) is 11.8 Å². The fourth-order valence-corrected chi connectivity index (χ4v) is 1.94. The molecular formula is C14H22N2O. The van der Waals surface area contributed by atoms with Gasteiger partial charge in [-0.2, -0.15) is 0 Å². The molecule has 1 aromatic rings. The lowest BCUT2D eigenvalue weighted by Crippen LogP contribution is -2.44. The Labute approximate surface area is 104 Å². The van der Waals surface area contributed by atoms with Crippen molar-refractivity contribution in [1.82, 2.24) is 5.32 Å². The normalized spacial score (nSPS) is 11.0. The first kappa shape index (κ1) is 13.6. The van der Waals surface area contributed by atoms with Crippen molar-refractivity contribution < 1.29 is 4.79 Å². The van der Waals surface area contributed by atoms with Crippen molar-refractivity contribution in [2.45, 2.75) is 33.7 Å². The zero-order valence-electron chi connectivity index (χ0n) is 11.0. The molecule has 1 aromatic carbocycles. The molecule has 17 heavy (non-hydrogen) atoms. The van der Waals surface area contributed by atoms with Gasteiger partial charge in [-0.1, -0.05) is 45.9 Å². The first-order valence-corrected chi connectivity index (χ1v) is 6.13. The molecule has 94 valence electrons. The molecule has 0 saturated carbocycles. The molecule has 0 aliphatic heterocycles. The number of hydrogen-bond acceptors (Lipinski definition) is 1. The number of para-hydroxylation sites is 1. The van der Waals surface area contributed by atoms with Crippen molar-refractivity contribution in [3.05, 3.63) is 30.3 Å². The van der Waals surface area contributed by atoms with Gasteiger partial charge in [-0.05, 0) is 24.0 Å². The van der Waals surface area contributed by atoms with E-state index in [0.29, 0.717) is 11.8 Å². The summed E-state index contributed by atoms with van der Waals surface area (Å²) < 4.78 is 0. The van der Waals surface area contributed by atoms with Crippen LogP contribution in [0.4, 0.5) is 10.5 Å². The van der Waals surface area contributed by atoms with Gasteiger partial charge in [-0.15, -0.1) is 0 Å². The summed E-state index contributed by atoms with van der Waals surface area (Å²) in [6.07, 6.45) is 0. The molecule has 0 aliphatic carbocycles. The van der Waals surface area contributed by atoms with Gasteiger partial charge >= 0.3 is 6.03 Å². The Morgan fingerprint density at radius 3 is 2.00 bits per heavy atom. The van der Waals surface area contributed by atoms with Gasteiger partial charge in [0.25, 0.3) is 0 Å². The number of urea groups is 1. The van der Waals surface area contributed by atoms with Gasteiger partial charge in [0.15, 0.2) is 0 Å². The minimum atomic E-state index is -0.136. The average Bonchev–Trinajstić information content (AvgIpc) is 2.26. The Hall–Kier alpha value is -1.51. The number of anilines is 1. The number of hydrogen-bond donors (Lipinski definition) is 2. The Kier molecular flexibility index (Phi) is 5.01. The van der Waals surface area contributed by atoms with E-state index in [0.717, 1.165) is 5.69 Å². The maximum absolute atomic E-state index is 11.8. The third kappa shape index (κ3) is 4.47. The topological polar surface area (TPSA) is 41.1 Å². The summed E-state index contributed by atoms with van der Waals surface area (Å²) in [6, 6.07) is 9.53. The first-order chi connectivity index (χ1) is 8.00. The second-order valence-corrected chi connectivity index (χ2v) is 4.98. The predicted octanol–water partition coefficient (Wildman–Crippen LogP) is 3.49. The number of amides is 2. The van der Waals surface area contributed by atoms with E-state index in [4.69, 9.17) is 0 Å². The van der Waals surface area contributed by atoms with Crippen molar-refractivity contribution in [2.75, 3.05) is 5.32 Å². The van der Waals surface area contributed by atoms with Crippen LogP contribution in [0.25, 0.3) is 0 Å². The largest absolute Gasteiger partial charge is 0.335 e. The fraction of sp³-hybridized carbons (Fsp3) is 0.500. The van der Waals surface area contributed by atoms with E-state index < -0.39 is 0 Å². The van der Waals surface area contributed by atoms with E-state index in [1.807, 2.05) is 30.3 Å². The van der Waals surface area contributed by atoms with Crippen LogP contribution in [0.1, 0.15) is 27.7 Å². The SMILES string of the molecule is CC(C)C(NC(=O)Nc1ccccc1)C(C)C. The summed E-state index contributed by atoms with van der Waals surface area (Å²) in [5, 5.41) is 5.85. The summed E-state index contributed by atoms with van der Waals surface area (Å²) in [7, 11) is 0. The molecule has 0 heterocycles. The molecule has 0 saturated heterocycles. The number of benzene rings is 1. The maximum Gasteiger partial charge on any atom is 0.319 e. The van der Waals surface area contributed by atoms with Gasteiger partial charge in [0.05, 0.1) is 0 Å². The molecule has 2 amide bonds. The number of rotatable bonds is 4. The summed E-state index contributed by atoms with van der Waals surface area (Å²) >= 11 is 0. The van der Waals surface area contributed by atoms with Gasteiger partial charge < -0.3 is 10.6 Å². The minimum Gasteiger partial charge on any atom is -0.335 e. The van der Waals surface area contributed by atoms with Crippen LogP contribution in [-0.4, -0.2) is 12.1 Å². The van der Waals surface area contributed by atoms with Crippen LogP contribution in [-0.2, 0) is 0 Å². The number of nitrogens with one attached hydrogen (secondary N) is 2. The third-order valence-electron chi connectivity index (χ3n) is 2.77. The van der Waals surface area contributed by atoms with Crippen molar-refractivity contribution >= 4 is 11.7 Å². The van der Waals surface area contributed by atoms with Gasteiger partial charge in [-0.25, -0.2) is 4.79 Å². The summed E-state index contributed by atoms with van der Waals surface area (Å²) in [5.74, 6) is 0.855. The summed E-state index contributed by atoms with van der Waals surface area (Å²) in [4.78, 5) is 11.8. The smallest absolute Gasteiger partial charge is 0.319 e. The van der Waals surface area contributed by atoms with E-state index in [-0.39, 0.29) is 12.1 Å². The molecule has 3 heteroatoms. The fourth-order valence-electron chi connectivity index (χ4n) is 1.94. The van der Waals surface area contributed by atoms with Gasteiger partial charge in [0.1, 0.15) is 0 Å². The van der Waals surface area contributed by atoms with Crippen molar-refractivity contribution in [3.63, 3.8) is 0 Å². The van der Waals surface area contributed by atoms with Crippen LogP contribution in [0.3, 0.4) is 0 Å². The highest BCUT2D eigenvalue weighted by molar-refractivity contribution is 5.89. The van der Waals surface area contributed by atoms with Gasteiger partial charge in [0, 0.05) is 11.7 Å². The van der Waals surface area contributed by atoms with Crippen LogP contribution in [0.5, 0.6) is 0 Å². The predicted molar refractivity (Wildman–Crippen MR) is 72.1 cm³/mol. The molecule has 0 radical (unpaired) electrons. The van der Waals surface area contributed by atoms with E-state index in [9.17, 15) is 4.79 Å². The number of carbonyl (C=O) groups excluding carboxylic acids is 1. The van der Waals surface area contributed by atoms with Crippen LogP contribution < -0.4 is 10.6 Å². The Morgan fingerprint density at radius 1 is 1.00 bits per heavy atom. The lowest BCUT2D eigenvalue weighted by atomic mass is 9.93. The van der Waals surface area contributed by atoms with Gasteiger partial charge in [0.2, 0.25) is 0 Å².